The number of rotatable bonds is 4. The van der Waals surface area contributed by atoms with Gasteiger partial charge in [0.1, 0.15) is 23.8 Å². The van der Waals surface area contributed by atoms with E-state index < -0.39 is 5.82 Å². The molecule has 24 heavy (non-hydrogen) atoms. The Morgan fingerprint density at radius 2 is 1.75 bits per heavy atom. The molecule has 3 aromatic rings. The Morgan fingerprint density at radius 3 is 2.50 bits per heavy atom. The molecule has 7 heteroatoms. The van der Waals surface area contributed by atoms with E-state index in [0.29, 0.717) is 22.2 Å². The van der Waals surface area contributed by atoms with E-state index in [1.165, 1.54) is 30.6 Å². The molecule has 0 saturated carbocycles. The van der Waals surface area contributed by atoms with Crippen LogP contribution in [0.2, 0.25) is 5.02 Å². The largest absolute Gasteiger partial charge is 0.340 e. The van der Waals surface area contributed by atoms with Crippen LogP contribution in [-0.2, 0) is 0 Å². The van der Waals surface area contributed by atoms with Crippen molar-refractivity contribution in [3.63, 3.8) is 0 Å². The number of hydrogen-bond acceptors (Lipinski definition) is 4. The molecular weight excluding hydrogens is 331 g/mol. The first-order valence-corrected chi connectivity index (χ1v) is 7.39. The zero-order valence-electron chi connectivity index (χ0n) is 12.3. The molecule has 0 aliphatic heterocycles. The van der Waals surface area contributed by atoms with Gasteiger partial charge in [-0.1, -0.05) is 17.7 Å². The number of aromatic nitrogens is 2. The summed E-state index contributed by atoms with van der Waals surface area (Å²) < 4.78 is 12.9. The van der Waals surface area contributed by atoms with Crippen LogP contribution in [0.5, 0.6) is 0 Å². The van der Waals surface area contributed by atoms with E-state index in [1.54, 1.807) is 18.2 Å². The molecule has 0 aliphatic carbocycles. The highest BCUT2D eigenvalue weighted by Crippen LogP contribution is 2.20. The first-order valence-electron chi connectivity index (χ1n) is 7.02. The van der Waals surface area contributed by atoms with Crippen LogP contribution in [0.15, 0.2) is 60.9 Å². The van der Waals surface area contributed by atoms with Crippen LogP contribution < -0.4 is 10.6 Å². The fourth-order valence-electron chi connectivity index (χ4n) is 2.00. The molecule has 2 N–H and O–H groups in total. The quantitative estimate of drug-likeness (QED) is 0.743. The molecule has 0 saturated heterocycles. The molecule has 0 spiro atoms. The van der Waals surface area contributed by atoms with E-state index in [2.05, 4.69) is 20.6 Å². The molecule has 0 unspecified atom stereocenters. The third-order valence-corrected chi connectivity index (χ3v) is 3.35. The number of amides is 1. The minimum absolute atomic E-state index is 0.323. The van der Waals surface area contributed by atoms with Gasteiger partial charge in [0.2, 0.25) is 0 Å². The molecule has 0 fully saturated rings. The van der Waals surface area contributed by atoms with Gasteiger partial charge >= 0.3 is 0 Å². The summed E-state index contributed by atoms with van der Waals surface area (Å²) in [4.78, 5) is 20.2. The summed E-state index contributed by atoms with van der Waals surface area (Å²) in [5.41, 5.74) is 1.09. The SMILES string of the molecule is O=C(Nc1cc(Nc2cccc(Cl)c2)ncn1)c1ccc(F)cc1. The number of hydrogen-bond donors (Lipinski definition) is 2. The van der Waals surface area contributed by atoms with Gasteiger partial charge in [0.15, 0.2) is 0 Å². The van der Waals surface area contributed by atoms with Gasteiger partial charge in [-0.05, 0) is 42.5 Å². The van der Waals surface area contributed by atoms with Crippen molar-refractivity contribution in [2.24, 2.45) is 0 Å². The third-order valence-electron chi connectivity index (χ3n) is 3.11. The Bertz CT molecular complexity index is 870. The highest BCUT2D eigenvalue weighted by atomic mass is 35.5. The Kier molecular flexibility index (Phi) is 4.67. The summed E-state index contributed by atoms with van der Waals surface area (Å²) in [7, 11) is 0. The molecule has 0 bridgehead atoms. The zero-order chi connectivity index (χ0) is 16.9. The van der Waals surface area contributed by atoms with Gasteiger partial charge in [0.25, 0.3) is 5.91 Å². The van der Waals surface area contributed by atoms with Crippen molar-refractivity contribution < 1.29 is 9.18 Å². The number of carbonyl (C=O) groups excluding carboxylic acids is 1. The van der Waals surface area contributed by atoms with Gasteiger partial charge < -0.3 is 10.6 Å². The Hall–Kier alpha value is -2.99. The lowest BCUT2D eigenvalue weighted by Gasteiger charge is -2.08. The molecule has 2 aromatic carbocycles. The van der Waals surface area contributed by atoms with Gasteiger partial charge in [0.05, 0.1) is 0 Å². The molecule has 5 nitrogen and oxygen atoms in total. The smallest absolute Gasteiger partial charge is 0.256 e. The van der Waals surface area contributed by atoms with Gasteiger partial charge in [-0.3, -0.25) is 4.79 Å². The topological polar surface area (TPSA) is 66.9 Å². The molecule has 0 atom stereocenters. The first-order chi connectivity index (χ1) is 11.6. The normalized spacial score (nSPS) is 10.2. The van der Waals surface area contributed by atoms with Crippen molar-refractivity contribution in [2.45, 2.75) is 0 Å². The minimum atomic E-state index is -0.401. The van der Waals surface area contributed by atoms with Crippen molar-refractivity contribution in [2.75, 3.05) is 10.6 Å². The Morgan fingerprint density at radius 1 is 1.00 bits per heavy atom. The monoisotopic (exact) mass is 342 g/mol. The molecule has 1 aromatic heterocycles. The van der Waals surface area contributed by atoms with E-state index in [1.807, 2.05) is 12.1 Å². The van der Waals surface area contributed by atoms with Crippen LogP contribution in [0.4, 0.5) is 21.7 Å². The van der Waals surface area contributed by atoms with E-state index in [9.17, 15) is 9.18 Å². The van der Waals surface area contributed by atoms with E-state index in [4.69, 9.17) is 11.6 Å². The van der Waals surface area contributed by atoms with E-state index >= 15 is 0 Å². The molecule has 1 amide bonds. The minimum Gasteiger partial charge on any atom is -0.340 e. The second-order valence-corrected chi connectivity index (χ2v) is 5.32. The summed E-state index contributed by atoms with van der Waals surface area (Å²) in [6.45, 7) is 0. The van der Waals surface area contributed by atoms with Crippen molar-refractivity contribution >= 4 is 34.8 Å². The van der Waals surface area contributed by atoms with Crippen LogP contribution >= 0.6 is 11.6 Å². The van der Waals surface area contributed by atoms with Crippen LogP contribution in [0.1, 0.15) is 10.4 Å². The summed E-state index contributed by atoms with van der Waals surface area (Å²) in [5.74, 6) is 0.0366. The summed E-state index contributed by atoms with van der Waals surface area (Å²) in [6, 6.07) is 14.0. The summed E-state index contributed by atoms with van der Waals surface area (Å²) in [5, 5.41) is 6.30. The molecule has 0 aliphatic rings. The number of nitrogens with zero attached hydrogens (tertiary/aromatic N) is 2. The molecule has 120 valence electrons. The lowest BCUT2D eigenvalue weighted by molar-refractivity contribution is 0.102. The molecule has 3 rings (SSSR count). The first kappa shape index (κ1) is 15.9. The zero-order valence-corrected chi connectivity index (χ0v) is 13.1. The lowest BCUT2D eigenvalue weighted by atomic mass is 10.2. The van der Waals surface area contributed by atoms with Crippen LogP contribution in [0.3, 0.4) is 0 Å². The average molecular weight is 343 g/mol. The van der Waals surface area contributed by atoms with Crippen molar-refractivity contribution in [3.05, 3.63) is 77.3 Å². The van der Waals surface area contributed by atoms with Crippen molar-refractivity contribution in [1.29, 1.82) is 0 Å². The maximum absolute atomic E-state index is 12.9. The van der Waals surface area contributed by atoms with E-state index in [0.717, 1.165) is 5.69 Å². The van der Waals surface area contributed by atoms with Gasteiger partial charge in [-0.15, -0.1) is 0 Å². The highest BCUT2D eigenvalue weighted by Gasteiger charge is 2.08. The van der Waals surface area contributed by atoms with Gasteiger partial charge in [-0.25, -0.2) is 14.4 Å². The lowest BCUT2D eigenvalue weighted by Crippen LogP contribution is -2.13. The predicted octanol–water partition coefficient (Wildman–Crippen LogP) is 4.27. The van der Waals surface area contributed by atoms with Crippen molar-refractivity contribution in [3.8, 4) is 0 Å². The van der Waals surface area contributed by atoms with Crippen LogP contribution in [0, 0.1) is 5.82 Å². The fraction of sp³-hybridized carbons (Fsp3) is 0. The number of benzene rings is 2. The highest BCUT2D eigenvalue weighted by molar-refractivity contribution is 6.30. The second kappa shape index (κ2) is 7.06. The standard InChI is InChI=1S/C17H12ClFN4O/c18-12-2-1-3-14(8-12)22-15-9-16(21-10-20-15)23-17(24)11-4-6-13(19)7-5-11/h1-10H,(H2,20,21,22,23,24). The van der Waals surface area contributed by atoms with Gasteiger partial charge in [-0.2, -0.15) is 0 Å². The maximum atomic E-state index is 12.9. The fourth-order valence-corrected chi connectivity index (χ4v) is 2.19. The summed E-state index contributed by atoms with van der Waals surface area (Å²) >= 11 is 5.93. The maximum Gasteiger partial charge on any atom is 0.256 e. The Labute approximate surface area is 142 Å². The number of nitrogens with one attached hydrogen (secondary N) is 2. The number of halogens is 2. The van der Waals surface area contributed by atoms with Gasteiger partial charge in [0, 0.05) is 22.3 Å². The number of carbonyl (C=O) groups is 1. The molecule has 1 heterocycles. The number of anilines is 3. The predicted molar refractivity (Wildman–Crippen MR) is 91.1 cm³/mol. The average Bonchev–Trinajstić information content (AvgIpc) is 2.56. The molecular formula is C17H12ClFN4O. The second-order valence-electron chi connectivity index (χ2n) is 4.88. The molecule has 0 radical (unpaired) electrons. The van der Waals surface area contributed by atoms with Crippen LogP contribution in [0.25, 0.3) is 0 Å². The third kappa shape index (κ3) is 4.05. The van der Waals surface area contributed by atoms with E-state index in [-0.39, 0.29) is 5.91 Å². The van der Waals surface area contributed by atoms with Crippen molar-refractivity contribution in [1.82, 2.24) is 9.97 Å². The summed E-state index contributed by atoms with van der Waals surface area (Å²) in [6.07, 6.45) is 1.33. The Balaban J connectivity index is 1.73. The van der Waals surface area contributed by atoms with Crippen LogP contribution in [-0.4, -0.2) is 15.9 Å².